The Bertz CT molecular complexity index is 4110. The third-order valence-electron chi connectivity index (χ3n) is 16.4. The van der Waals surface area contributed by atoms with Gasteiger partial charge in [0, 0.05) is 45.0 Å². The number of imidazole rings is 2. The minimum atomic E-state index is -3.51. The number of hydrogen-bond acceptors (Lipinski definition) is 4. The van der Waals surface area contributed by atoms with E-state index in [0.717, 1.165) is 95.2 Å². The van der Waals surface area contributed by atoms with Gasteiger partial charge in [0.25, 0.3) is 0 Å². The highest BCUT2D eigenvalue weighted by Gasteiger charge is 2.51. The minimum absolute atomic E-state index is 0.357. The first-order valence-corrected chi connectivity index (χ1v) is 26.8. The maximum Gasteiger partial charge on any atom is 0.220 e. The van der Waals surface area contributed by atoms with Crippen molar-refractivity contribution in [3.05, 3.63) is 236 Å². The van der Waals surface area contributed by atoms with E-state index < -0.39 is 13.5 Å². The Morgan fingerprint density at radius 1 is 0.458 bits per heavy atom. The molecule has 7 heteroatoms. The average molecular weight is 944 g/mol. The molecule has 0 saturated carbocycles. The quantitative estimate of drug-likeness (QED) is 0.127. The predicted molar refractivity (Wildman–Crippen MR) is 297 cm³/mol. The van der Waals surface area contributed by atoms with Gasteiger partial charge in [0.1, 0.15) is 17.8 Å². The van der Waals surface area contributed by atoms with Crippen LogP contribution < -0.4 is 25.5 Å². The van der Waals surface area contributed by atoms with Gasteiger partial charge in [-0.1, -0.05) is 198 Å². The number of nitrogens with zero attached hydrogens (tertiary/aromatic N) is 5. The Morgan fingerprint density at radius 2 is 1.03 bits per heavy atom. The van der Waals surface area contributed by atoms with Gasteiger partial charge in [-0.05, 0) is 91.0 Å². The van der Waals surface area contributed by atoms with Crippen molar-refractivity contribution in [3.63, 3.8) is 0 Å². The van der Waals surface area contributed by atoms with Gasteiger partial charge in [0.15, 0.2) is 8.07 Å². The number of hydrogen-bond donors (Lipinski definition) is 0. The number of ether oxygens (including phenoxy) is 1. The summed E-state index contributed by atoms with van der Waals surface area (Å²) in [7, 11) is -3.51. The van der Waals surface area contributed by atoms with Crippen LogP contribution in [0.4, 0.5) is 0 Å². The molecular weight excluding hydrogens is 895 g/mol. The van der Waals surface area contributed by atoms with Gasteiger partial charge in [-0.25, -0.2) is 15.0 Å². The third-order valence-corrected chi connectivity index (χ3v) is 21.2. The van der Waals surface area contributed by atoms with E-state index in [1.165, 1.54) is 26.3 Å². The normalized spacial score (nSPS) is 14.2. The molecule has 4 heterocycles. The van der Waals surface area contributed by atoms with Crippen molar-refractivity contribution in [2.75, 3.05) is 0 Å². The van der Waals surface area contributed by atoms with Crippen LogP contribution in [0.2, 0.25) is 0 Å². The number of aromatic nitrogens is 5. The van der Waals surface area contributed by atoms with Crippen LogP contribution in [-0.4, -0.2) is 32.0 Å². The van der Waals surface area contributed by atoms with Crippen LogP contribution >= 0.6 is 0 Å². The van der Waals surface area contributed by atoms with Gasteiger partial charge >= 0.3 is 0 Å². The fourth-order valence-corrected chi connectivity index (χ4v) is 17.2. The number of fused-ring (bicyclic) bond motifs is 15. The van der Waals surface area contributed by atoms with Gasteiger partial charge in [-0.3, -0.25) is 8.97 Å². The molecule has 344 valence electrons. The molecule has 9 aromatic carbocycles. The number of benzene rings is 9. The second kappa shape index (κ2) is 15.7. The van der Waals surface area contributed by atoms with Crippen LogP contribution in [0, 0.1) is 0 Å². The Balaban J connectivity index is 1.17. The highest BCUT2D eigenvalue weighted by molar-refractivity contribution is 7.20. The fraction of sp³-hybridized carbons (Fsp3) is 0.0923. The first-order chi connectivity index (χ1) is 35.2. The van der Waals surface area contributed by atoms with Gasteiger partial charge in [0.05, 0.1) is 27.8 Å². The van der Waals surface area contributed by atoms with Gasteiger partial charge < -0.3 is 4.74 Å². The average Bonchev–Trinajstić information content (AvgIpc) is 3.94. The maximum absolute atomic E-state index is 7.75. The lowest BCUT2D eigenvalue weighted by molar-refractivity contribution is 0.306. The van der Waals surface area contributed by atoms with E-state index in [9.17, 15) is 0 Å². The SMILES string of the molecule is CC1(C)c2ccccc2Oc2c(cc(-n3c4ccccc4n4c5ccccc5nc34)cc2[Si](c2ccccc2)(c2ccccc2)c2ccc3c(c2)-c2ccccc2-c2cncnc2-c2ccccc2-3)C1(C)C. The molecule has 0 unspecified atom stereocenters. The topological polar surface area (TPSA) is 57.2 Å². The van der Waals surface area contributed by atoms with Crippen LogP contribution in [0.15, 0.2) is 225 Å². The molecule has 0 fully saturated rings. The molecule has 1 aliphatic heterocycles. The standard InChI is InChI=1S/C65H49N5OSi/c1-64(2)53-29-15-20-34-59(53)71-62-54(65(64,3)4)37-42(69-57-32-18-19-33-58(57)70-56-31-17-16-30-55(56)68-63(69)70)38-60(62)72(43-21-7-5-8-22-43,44-23-9-6-10-24-44)45-35-36-49-46-25-13-14-28-50(46)61-52(40-66-41-67-61)48-27-12-11-26-47(48)51(49)39-45/h5-41H,1-4H3. The molecule has 0 atom stereocenters. The number of para-hydroxylation sites is 5. The largest absolute Gasteiger partial charge is 0.457 e. The van der Waals surface area contributed by atoms with Gasteiger partial charge in [-0.15, -0.1) is 0 Å². The summed E-state index contributed by atoms with van der Waals surface area (Å²) in [6.07, 6.45) is 3.64. The highest BCUT2D eigenvalue weighted by Crippen LogP contribution is 2.54. The molecular formula is C65H49N5OSi. The summed E-state index contributed by atoms with van der Waals surface area (Å²) in [5, 5.41) is 4.91. The molecule has 0 saturated heterocycles. The lowest BCUT2D eigenvalue weighted by Gasteiger charge is -2.42. The first-order valence-electron chi connectivity index (χ1n) is 24.8. The second-order valence-electron chi connectivity index (χ2n) is 20.4. The first kappa shape index (κ1) is 42.2. The minimum Gasteiger partial charge on any atom is -0.457 e. The van der Waals surface area contributed by atoms with Crippen LogP contribution in [0.5, 0.6) is 11.5 Å². The zero-order valence-corrected chi connectivity index (χ0v) is 41.5. The van der Waals surface area contributed by atoms with Crippen LogP contribution in [0.3, 0.4) is 0 Å². The van der Waals surface area contributed by atoms with Crippen molar-refractivity contribution in [3.8, 4) is 61.8 Å². The molecule has 3 aromatic heterocycles. The van der Waals surface area contributed by atoms with E-state index in [0.29, 0.717) is 0 Å². The van der Waals surface area contributed by atoms with Crippen molar-refractivity contribution < 1.29 is 4.74 Å². The molecule has 0 radical (unpaired) electrons. The van der Waals surface area contributed by atoms with Crippen LogP contribution in [-0.2, 0) is 10.8 Å². The molecule has 0 amide bonds. The van der Waals surface area contributed by atoms with Crippen molar-refractivity contribution in [2.45, 2.75) is 38.5 Å². The summed E-state index contributed by atoms with van der Waals surface area (Å²) >= 11 is 0. The zero-order chi connectivity index (χ0) is 48.3. The molecule has 2 aliphatic rings. The summed E-state index contributed by atoms with van der Waals surface area (Å²) in [6, 6.07) is 78.1. The molecule has 0 spiro atoms. The van der Waals surface area contributed by atoms with E-state index in [4.69, 9.17) is 14.7 Å². The molecule has 1 aliphatic carbocycles. The van der Waals surface area contributed by atoms with E-state index >= 15 is 0 Å². The molecule has 14 rings (SSSR count). The van der Waals surface area contributed by atoms with Crippen molar-refractivity contribution in [1.29, 1.82) is 0 Å². The van der Waals surface area contributed by atoms with Crippen molar-refractivity contribution in [2.24, 2.45) is 0 Å². The molecule has 12 aromatic rings. The lowest BCUT2D eigenvalue weighted by Crippen LogP contribution is -2.75. The Morgan fingerprint density at radius 3 is 1.76 bits per heavy atom. The lowest BCUT2D eigenvalue weighted by atomic mass is 9.61. The van der Waals surface area contributed by atoms with Crippen molar-refractivity contribution >= 4 is 56.7 Å². The molecule has 0 bridgehead atoms. The Kier molecular flexibility index (Phi) is 9.20. The van der Waals surface area contributed by atoms with Gasteiger partial charge in [0.2, 0.25) is 5.78 Å². The summed E-state index contributed by atoms with van der Waals surface area (Å²) in [5.74, 6) is 2.65. The maximum atomic E-state index is 7.75. The van der Waals surface area contributed by atoms with E-state index in [2.05, 4.69) is 254 Å². The molecule has 72 heavy (non-hydrogen) atoms. The highest BCUT2D eigenvalue weighted by atomic mass is 28.3. The van der Waals surface area contributed by atoms with Crippen LogP contribution in [0.25, 0.3) is 78.2 Å². The summed E-state index contributed by atoms with van der Waals surface area (Å²) in [5.41, 5.74) is 15.5. The van der Waals surface area contributed by atoms with Gasteiger partial charge in [-0.2, -0.15) is 0 Å². The third kappa shape index (κ3) is 5.85. The second-order valence-corrected chi connectivity index (χ2v) is 24.2. The van der Waals surface area contributed by atoms with Crippen LogP contribution in [0.1, 0.15) is 38.8 Å². The summed E-state index contributed by atoms with van der Waals surface area (Å²) in [4.78, 5) is 15.0. The van der Waals surface area contributed by atoms with E-state index in [1.807, 2.05) is 6.20 Å². The van der Waals surface area contributed by atoms with E-state index in [1.54, 1.807) is 6.33 Å². The summed E-state index contributed by atoms with van der Waals surface area (Å²) in [6.45, 7) is 9.59. The Hall–Kier alpha value is -8.65. The zero-order valence-electron chi connectivity index (χ0n) is 40.5. The predicted octanol–water partition coefficient (Wildman–Crippen LogP) is 12.9. The van der Waals surface area contributed by atoms with Crippen molar-refractivity contribution in [1.82, 2.24) is 23.9 Å². The summed E-state index contributed by atoms with van der Waals surface area (Å²) < 4.78 is 12.5. The monoisotopic (exact) mass is 943 g/mol. The molecule has 0 N–H and O–H groups in total. The fourth-order valence-electron chi connectivity index (χ4n) is 12.3. The molecule has 6 nitrogen and oxygen atoms in total. The Labute approximate surface area is 419 Å². The van der Waals surface area contributed by atoms with E-state index in [-0.39, 0.29) is 5.41 Å². The smallest absolute Gasteiger partial charge is 0.220 e. The number of rotatable bonds is 5.